The van der Waals surface area contributed by atoms with Crippen LogP contribution in [0.5, 0.6) is 5.75 Å². The average molecular weight is 498 g/mol. The molecule has 0 aliphatic carbocycles. The lowest BCUT2D eigenvalue weighted by molar-refractivity contribution is -0.123. The number of hydrogen-bond acceptors (Lipinski definition) is 5. The van der Waals surface area contributed by atoms with E-state index in [0.29, 0.717) is 21.9 Å². The largest absolute Gasteiger partial charge is 0.487 e. The summed E-state index contributed by atoms with van der Waals surface area (Å²) >= 11 is 7.16. The first-order valence-electron chi connectivity index (χ1n) is 10.0. The highest BCUT2D eigenvalue weighted by molar-refractivity contribution is 8.18. The van der Waals surface area contributed by atoms with Gasteiger partial charge in [0.25, 0.3) is 11.1 Å². The molecule has 0 atom stereocenters. The number of carbonyl (C=O) groups excluding carboxylic acids is 2. The van der Waals surface area contributed by atoms with Gasteiger partial charge in [0.05, 0.1) is 22.0 Å². The Kier molecular flexibility index (Phi) is 7.00. The molecule has 1 saturated heterocycles. The number of ether oxygens (including phenoxy) is 1. The molecule has 4 rings (SSSR count). The summed E-state index contributed by atoms with van der Waals surface area (Å²) in [4.78, 5) is 37.3. The molecule has 2 amide bonds. The molecule has 1 fully saturated rings. The third kappa shape index (κ3) is 5.47. The van der Waals surface area contributed by atoms with E-state index < -0.39 is 22.9 Å². The van der Waals surface area contributed by atoms with Crippen molar-refractivity contribution in [3.63, 3.8) is 0 Å². The van der Waals surface area contributed by atoms with Crippen LogP contribution in [0.15, 0.2) is 71.6 Å². The molecule has 1 aliphatic heterocycles. The summed E-state index contributed by atoms with van der Waals surface area (Å²) in [5.74, 6) is -1.40. The number of carboxylic acids is 1. The van der Waals surface area contributed by atoms with Gasteiger partial charge in [0, 0.05) is 0 Å². The third-order valence-electron chi connectivity index (χ3n) is 4.98. The Labute approximate surface area is 203 Å². The van der Waals surface area contributed by atoms with Crippen LogP contribution in [0.3, 0.4) is 0 Å². The molecule has 9 heteroatoms. The fourth-order valence-electron chi connectivity index (χ4n) is 3.19. The van der Waals surface area contributed by atoms with E-state index >= 15 is 0 Å². The number of aromatic carboxylic acids is 1. The van der Waals surface area contributed by atoms with Crippen molar-refractivity contribution in [1.82, 2.24) is 4.90 Å². The van der Waals surface area contributed by atoms with Gasteiger partial charge < -0.3 is 9.84 Å². The Morgan fingerprint density at radius 1 is 1.03 bits per heavy atom. The van der Waals surface area contributed by atoms with Crippen LogP contribution in [-0.2, 0) is 17.9 Å². The van der Waals surface area contributed by atoms with Gasteiger partial charge in [-0.3, -0.25) is 14.5 Å². The van der Waals surface area contributed by atoms with Crippen molar-refractivity contribution in [2.75, 3.05) is 0 Å². The van der Waals surface area contributed by atoms with Crippen LogP contribution in [0, 0.1) is 5.82 Å². The van der Waals surface area contributed by atoms with Gasteiger partial charge in [-0.2, -0.15) is 0 Å². The maximum Gasteiger partial charge on any atom is 0.335 e. The molecule has 34 heavy (non-hydrogen) atoms. The Morgan fingerprint density at radius 3 is 2.35 bits per heavy atom. The number of thioether (sulfide) groups is 1. The quantitative estimate of drug-likeness (QED) is 0.403. The molecule has 0 aromatic heterocycles. The van der Waals surface area contributed by atoms with Crippen LogP contribution in [0.4, 0.5) is 9.18 Å². The number of amides is 2. The third-order valence-corrected chi connectivity index (χ3v) is 6.18. The van der Waals surface area contributed by atoms with Crippen molar-refractivity contribution < 1.29 is 28.6 Å². The molecule has 3 aromatic rings. The van der Waals surface area contributed by atoms with E-state index in [4.69, 9.17) is 21.4 Å². The Balaban J connectivity index is 1.42. The van der Waals surface area contributed by atoms with Crippen LogP contribution in [-0.4, -0.2) is 27.1 Å². The number of hydrogen-bond donors (Lipinski definition) is 1. The number of benzene rings is 3. The maximum absolute atomic E-state index is 13.1. The average Bonchev–Trinajstić information content (AvgIpc) is 3.07. The van der Waals surface area contributed by atoms with Crippen molar-refractivity contribution >= 4 is 46.6 Å². The van der Waals surface area contributed by atoms with Gasteiger partial charge in [0.2, 0.25) is 0 Å². The summed E-state index contributed by atoms with van der Waals surface area (Å²) in [5, 5.41) is 8.88. The van der Waals surface area contributed by atoms with Crippen LogP contribution >= 0.6 is 23.4 Å². The fraction of sp³-hybridized carbons (Fsp3) is 0.0800. The molecule has 6 nitrogen and oxygen atoms in total. The number of carbonyl (C=O) groups is 3. The monoisotopic (exact) mass is 497 g/mol. The molecule has 3 aromatic carbocycles. The molecule has 0 bridgehead atoms. The molecule has 0 unspecified atom stereocenters. The van der Waals surface area contributed by atoms with Gasteiger partial charge >= 0.3 is 5.97 Å². The second-order valence-corrected chi connectivity index (χ2v) is 8.78. The van der Waals surface area contributed by atoms with E-state index in [1.807, 2.05) is 0 Å². The number of halogens is 2. The first-order chi connectivity index (χ1) is 16.3. The summed E-state index contributed by atoms with van der Waals surface area (Å²) in [6.07, 6.45) is 1.58. The predicted molar refractivity (Wildman–Crippen MR) is 127 cm³/mol. The Bertz CT molecular complexity index is 1290. The first kappa shape index (κ1) is 23.5. The standard InChI is InChI=1S/C25H17ClFNO5S/c26-20-11-17(5-10-21(20)33-14-16-1-6-18(7-2-16)24(30)31)12-22-23(29)28(25(32)34-22)13-15-3-8-19(27)9-4-15/h1-12H,13-14H2,(H,30,31)/b22-12+. The Morgan fingerprint density at radius 2 is 1.71 bits per heavy atom. The van der Waals surface area contributed by atoms with Gasteiger partial charge in [-0.25, -0.2) is 9.18 Å². The summed E-state index contributed by atoms with van der Waals surface area (Å²) in [6.45, 7) is 0.254. The van der Waals surface area contributed by atoms with Crippen molar-refractivity contribution in [2.24, 2.45) is 0 Å². The Hall–Kier alpha value is -3.62. The SMILES string of the molecule is O=C(O)c1ccc(COc2ccc(/C=C3/SC(=O)N(Cc4ccc(F)cc4)C3=O)cc2Cl)cc1. The summed E-state index contributed by atoms with van der Waals surface area (Å²) in [5.41, 5.74) is 2.23. The summed E-state index contributed by atoms with van der Waals surface area (Å²) in [7, 11) is 0. The predicted octanol–water partition coefficient (Wildman–Crippen LogP) is 5.99. The van der Waals surface area contributed by atoms with Crippen LogP contribution in [0.25, 0.3) is 6.08 Å². The minimum absolute atomic E-state index is 0.0588. The molecule has 0 radical (unpaired) electrons. The second kappa shape index (κ2) is 10.1. The highest BCUT2D eigenvalue weighted by atomic mass is 35.5. The smallest absolute Gasteiger partial charge is 0.335 e. The molecule has 1 aliphatic rings. The van der Waals surface area contributed by atoms with Crippen molar-refractivity contribution in [2.45, 2.75) is 13.2 Å². The van der Waals surface area contributed by atoms with E-state index in [9.17, 15) is 18.8 Å². The minimum atomic E-state index is -1.00. The lowest BCUT2D eigenvalue weighted by Crippen LogP contribution is -2.27. The first-order valence-corrected chi connectivity index (χ1v) is 11.2. The molecule has 1 N–H and O–H groups in total. The molecule has 0 spiro atoms. The lowest BCUT2D eigenvalue weighted by Gasteiger charge is -2.12. The fourth-order valence-corrected chi connectivity index (χ4v) is 4.27. The van der Waals surface area contributed by atoms with E-state index in [2.05, 4.69) is 0 Å². The number of carboxylic acid groups (broad SMARTS) is 1. The number of rotatable bonds is 7. The van der Waals surface area contributed by atoms with Gasteiger partial charge in [0.1, 0.15) is 18.2 Å². The lowest BCUT2D eigenvalue weighted by atomic mass is 10.1. The molecule has 172 valence electrons. The van der Waals surface area contributed by atoms with E-state index in [-0.39, 0.29) is 23.6 Å². The number of nitrogens with zero attached hydrogens (tertiary/aromatic N) is 1. The zero-order chi connectivity index (χ0) is 24.2. The summed E-state index contributed by atoms with van der Waals surface area (Å²) in [6, 6.07) is 16.9. The maximum atomic E-state index is 13.1. The van der Waals surface area contributed by atoms with E-state index in [0.717, 1.165) is 22.2 Å². The van der Waals surface area contributed by atoms with Gasteiger partial charge in [-0.15, -0.1) is 0 Å². The van der Waals surface area contributed by atoms with Gasteiger partial charge in [-0.05, 0) is 70.9 Å². The van der Waals surface area contributed by atoms with Crippen molar-refractivity contribution in [1.29, 1.82) is 0 Å². The van der Waals surface area contributed by atoms with E-state index in [1.165, 1.54) is 36.4 Å². The normalized spacial score (nSPS) is 14.6. The molecular formula is C25H17ClFNO5S. The minimum Gasteiger partial charge on any atom is -0.487 e. The summed E-state index contributed by atoms with van der Waals surface area (Å²) < 4.78 is 18.8. The van der Waals surface area contributed by atoms with Crippen LogP contribution in [0.2, 0.25) is 5.02 Å². The van der Waals surface area contributed by atoms with E-state index in [1.54, 1.807) is 36.4 Å². The zero-order valence-corrected chi connectivity index (χ0v) is 19.1. The van der Waals surface area contributed by atoms with Crippen molar-refractivity contribution in [3.05, 3.63) is 105 Å². The van der Waals surface area contributed by atoms with Gasteiger partial charge in [0.15, 0.2) is 0 Å². The highest BCUT2D eigenvalue weighted by Gasteiger charge is 2.35. The topological polar surface area (TPSA) is 83.9 Å². The zero-order valence-electron chi connectivity index (χ0n) is 17.5. The molecule has 1 heterocycles. The van der Waals surface area contributed by atoms with Gasteiger partial charge in [-0.1, -0.05) is 41.9 Å². The highest BCUT2D eigenvalue weighted by Crippen LogP contribution is 2.34. The molecule has 0 saturated carbocycles. The number of imide groups is 1. The molecular weight excluding hydrogens is 481 g/mol. The second-order valence-electron chi connectivity index (χ2n) is 7.37. The van der Waals surface area contributed by atoms with Crippen molar-refractivity contribution in [3.8, 4) is 5.75 Å². The van der Waals surface area contributed by atoms with Crippen LogP contribution in [0.1, 0.15) is 27.0 Å². The van der Waals surface area contributed by atoms with Crippen LogP contribution < -0.4 is 4.74 Å².